The molecule has 1 heterocycles. The van der Waals surface area contributed by atoms with Gasteiger partial charge in [-0.05, 0) is 36.1 Å². The zero-order valence-corrected chi connectivity index (χ0v) is 16.4. The molecule has 0 aromatic heterocycles. The van der Waals surface area contributed by atoms with Crippen molar-refractivity contribution in [2.75, 3.05) is 25.2 Å². The van der Waals surface area contributed by atoms with Gasteiger partial charge in [-0.15, -0.1) is 0 Å². The van der Waals surface area contributed by atoms with Crippen LogP contribution in [-0.2, 0) is 19.4 Å². The molecule has 29 heavy (non-hydrogen) atoms. The summed E-state index contributed by atoms with van der Waals surface area (Å²) < 4.78 is 28.4. The number of hydrogen-bond donors (Lipinski definition) is 4. The maximum absolute atomic E-state index is 12.5. The molecule has 2 rings (SSSR count). The van der Waals surface area contributed by atoms with Crippen LogP contribution in [0.3, 0.4) is 0 Å². The molecule has 1 aliphatic heterocycles. The first-order valence-corrected chi connectivity index (χ1v) is 10.3. The van der Waals surface area contributed by atoms with Gasteiger partial charge in [-0.1, -0.05) is 11.8 Å². The van der Waals surface area contributed by atoms with E-state index in [-0.39, 0.29) is 12.2 Å². The molecule has 1 aromatic carbocycles. The predicted molar refractivity (Wildman–Crippen MR) is 102 cm³/mol. The van der Waals surface area contributed by atoms with Gasteiger partial charge >= 0.3 is 0 Å². The molecular weight excluding hydrogens is 400 g/mol. The molecule has 0 unspecified atom stereocenters. The highest BCUT2D eigenvalue weighted by atomic mass is 32.2. The summed E-state index contributed by atoms with van der Waals surface area (Å²) in [7, 11) is -2.16. The van der Waals surface area contributed by atoms with E-state index in [0.29, 0.717) is 12.0 Å². The number of aliphatic hydroxyl groups excluding tert-OH is 1. The molecule has 0 aliphatic carbocycles. The van der Waals surface area contributed by atoms with E-state index < -0.39 is 44.8 Å². The van der Waals surface area contributed by atoms with Gasteiger partial charge in [-0.2, -0.15) is 0 Å². The third-order valence-electron chi connectivity index (χ3n) is 4.25. The molecule has 9 nitrogen and oxygen atoms in total. The highest BCUT2D eigenvalue weighted by Gasteiger charge is 2.57. The first-order valence-electron chi connectivity index (χ1n) is 8.47. The van der Waals surface area contributed by atoms with E-state index in [1.54, 1.807) is 12.1 Å². The maximum atomic E-state index is 12.5. The molecule has 10 heteroatoms. The second kappa shape index (κ2) is 9.54. The summed E-state index contributed by atoms with van der Waals surface area (Å²) in [5, 5.41) is 20.0. The van der Waals surface area contributed by atoms with Crippen LogP contribution >= 0.6 is 0 Å². The Labute approximate surface area is 168 Å². The summed E-state index contributed by atoms with van der Waals surface area (Å²) in [6, 6.07) is 4.71. The minimum atomic E-state index is -3.39. The Hall–Kier alpha value is -2.89. The molecule has 154 valence electrons. The SMILES string of the molecule is COC1([C@H](NC(=O)c2ccc(C#CC#CCCO)cc2)C(=O)NO)CS(=O)(=O)C1. The molecule has 1 atom stereocenters. The standard InChI is InChI=1S/C19H20N2O7S/c1-28-19(12-29(26,27)13-19)16(18(24)21-25)20-17(23)15-9-7-14(8-10-15)6-4-2-3-5-11-22/h7-10,16,22,25H,5,11-13H2,1H3,(H,20,23)(H,21,24)/t16-/m1/s1. The smallest absolute Gasteiger partial charge is 0.268 e. The van der Waals surface area contributed by atoms with Crippen LogP contribution < -0.4 is 10.8 Å². The number of carbonyl (C=O) groups excluding carboxylic acids is 2. The van der Waals surface area contributed by atoms with Crippen LogP contribution in [0.2, 0.25) is 0 Å². The number of aliphatic hydroxyl groups is 1. The van der Waals surface area contributed by atoms with Crippen molar-refractivity contribution in [3.8, 4) is 23.7 Å². The second-order valence-electron chi connectivity index (χ2n) is 6.29. The summed E-state index contributed by atoms with van der Waals surface area (Å²) in [6.07, 6.45) is 0.334. The van der Waals surface area contributed by atoms with E-state index in [0.717, 1.165) is 0 Å². The fraction of sp³-hybridized carbons (Fsp3) is 0.368. The van der Waals surface area contributed by atoms with Gasteiger partial charge in [0.15, 0.2) is 9.84 Å². The monoisotopic (exact) mass is 420 g/mol. The Bertz CT molecular complexity index is 983. The Morgan fingerprint density at radius 1 is 1.24 bits per heavy atom. The van der Waals surface area contributed by atoms with Crippen LogP contribution in [-0.4, -0.2) is 67.4 Å². The van der Waals surface area contributed by atoms with Gasteiger partial charge in [0.2, 0.25) is 0 Å². The molecule has 1 saturated heterocycles. The minimum absolute atomic E-state index is 0.0376. The zero-order chi connectivity index (χ0) is 21.5. The maximum Gasteiger partial charge on any atom is 0.268 e. The van der Waals surface area contributed by atoms with E-state index >= 15 is 0 Å². The Morgan fingerprint density at radius 3 is 2.41 bits per heavy atom. The topological polar surface area (TPSA) is 142 Å². The van der Waals surface area contributed by atoms with Gasteiger partial charge in [0, 0.05) is 24.7 Å². The van der Waals surface area contributed by atoms with Crippen LogP contribution in [0.4, 0.5) is 0 Å². The second-order valence-corrected chi connectivity index (χ2v) is 8.35. The number of rotatable bonds is 6. The number of amides is 2. The van der Waals surface area contributed by atoms with Crippen molar-refractivity contribution < 1.29 is 33.1 Å². The fourth-order valence-electron chi connectivity index (χ4n) is 2.79. The molecule has 4 N–H and O–H groups in total. The van der Waals surface area contributed by atoms with Crippen LogP contribution in [0.25, 0.3) is 0 Å². The average molecular weight is 420 g/mol. The van der Waals surface area contributed by atoms with Gasteiger partial charge in [0.1, 0.15) is 11.6 Å². The highest BCUT2D eigenvalue weighted by Crippen LogP contribution is 2.31. The largest absolute Gasteiger partial charge is 0.395 e. The lowest BCUT2D eigenvalue weighted by Crippen LogP contribution is -2.71. The van der Waals surface area contributed by atoms with Crippen LogP contribution in [0.15, 0.2) is 24.3 Å². The molecular formula is C19H20N2O7S. The number of ether oxygens (including phenoxy) is 1. The predicted octanol–water partition coefficient (Wildman–Crippen LogP) is -1.16. The van der Waals surface area contributed by atoms with E-state index in [1.807, 2.05) is 0 Å². The normalized spacial score (nSPS) is 16.7. The van der Waals surface area contributed by atoms with Gasteiger partial charge in [0.05, 0.1) is 18.1 Å². The fourth-order valence-corrected chi connectivity index (χ4v) is 4.76. The molecule has 0 saturated carbocycles. The lowest BCUT2D eigenvalue weighted by Gasteiger charge is -2.44. The van der Waals surface area contributed by atoms with Crippen molar-refractivity contribution in [2.24, 2.45) is 0 Å². The minimum Gasteiger partial charge on any atom is -0.395 e. The summed E-state index contributed by atoms with van der Waals surface area (Å²) >= 11 is 0. The third-order valence-corrected chi connectivity index (χ3v) is 6.11. The van der Waals surface area contributed by atoms with Gasteiger partial charge in [0.25, 0.3) is 11.8 Å². The van der Waals surface area contributed by atoms with E-state index in [1.165, 1.54) is 24.7 Å². The summed E-state index contributed by atoms with van der Waals surface area (Å²) in [6.45, 7) is -0.0376. The Morgan fingerprint density at radius 2 is 1.90 bits per heavy atom. The number of methoxy groups -OCH3 is 1. The lowest BCUT2D eigenvalue weighted by atomic mass is 9.95. The van der Waals surface area contributed by atoms with Gasteiger partial charge in [-0.25, -0.2) is 13.9 Å². The first-order chi connectivity index (χ1) is 13.8. The van der Waals surface area contributed by atoms with Gasteiger partial charge < -0.3 is 15.2 Å². The van der Waals surface area contributed by atoms with E-state index in [4.69, 9.17) is 15.1 Å². The van der Waals surface area contributed by atoms with Gasteiger partial charge in [-0.3, -0.25) is 14.8 Å². The van der Waals surface area contributed by atoms with Crippen LogP contribution in [0.1, 0.15) is 22.3 Å². The van der Waals surface area contributed by atoms with Crippen molar-refractivity contribution in [1.29, 1.82) is 0 Å². The van der Waals surface area contributed by atoms with Crippen LogP contribution in [0.5, 0.6) is 0 Å². The summed E-state index contributed by atoms with van der Waals surface area (Å²) in [5.74, 6) is 8.07. The van der Waals surface area contributed by atoms with Crippen molar-refractivity contribution in [3.05, 3.63) is 35.4 Å². The average Bonchev–Trinajstić information content (AvgIpc) is 2.69. The Kier molecular flexibility index (Phi) is 7.37. The third kappa shape index (κ3) is 5.56. The molecule has 2 amide bonds. The molecule has 0 radical (unpaired) electrons. The van der Waals surface area contributed by atoms with Crippen molar-refractivity contribution in [3.63, 3.8) is 0 Å². The quantitative estimate of drug-likeness (QED) is 0.258. The van der Waals surface area contributed by atoms with E-state index in [2.05, 4.69) is 29.0 Å². The molecule has 0 spiro atoms. The zero-order valence-electron chi connectivity index (χ0n) is 15.6. The summed E-state index contributed by atoms with van der Waals surface area (Å²) in [4.78, 5) is 24.6. The number of hydrogen-bond acceptors (Lipinski definition) is 7. The number of benzene rings is 1. The van der Waals surface area contributed by atoms with E-state index in [9.17, 15) is 18.0 Å². The molecule has 1 aromatic rings. The first kappa shape index (κ1) is 22.4. The van der Waals surface area contributed by atoms with Crippen molar-refractivity contribution in [1.82, 2.24) is 10.8 Å². The number of sulfone groups is 1. The van der Waals surface area contributed by atoms with Crippen LogP contribution in [0, 0.1) is 23.7 Å². The lowest BCUT2D eigenvalue weighted by molar-refractivity contribution is -0.138. The number of hydroxylamine groups is 1. The van der Waals surface area contributed by atoms with Crippen molar-refractivity contribution >= 4 is 21.7 Å². The molecule has 0 bridgehead atoms. The molecule has 1 fully saturated rings. The number of carbonyl (C=O) groups is 2. The van der Waals surface area contributed by atoms with Crippen molar-refractivity contribution in [2.45, 2.75) is 18.1 Å². The Balaban J connectivity index is 2.14. The molecule has 1 aliphatic rings. The summed E-state index contributed by atoms with van der Waals surface area (Å²) in [5.41, 5.74) is 0.771. The number of nitrogens with one attached hydrogen (secondary N) is 2. The highest BCUT2D eigenvalue weighted by molar-refractivity contribution is 7.93.